The Morgan fingerprint density at radius 2 is 2.10 bits per heavy atom. The number of anilines is 1. The molecule has 1 aromatic carbocycles. The summed E-state index contributed by atoms with van der Waals surface area (Å²) in [5, 5.41) is 13.5. The van der Waals surface area contributed by atoms with Gasteiger partial charge in [0.1, 0.15) is 6.33 Å². The number of sulfonamides is 1. The van der Waals surface area contributed by atoms with Crippen LogP contribution in [0.25, 0.3) is 16.9 Å². The van der Waals surface area contributed by atoms with Crippen molar-refractivity contribution in [3.05, 3.63) is 36.3 Å². The molecule has 0 aliphatic carbocycles. The van der Waals surface area contributed by atoms with Crippen molar-refractivity contribution in [1.82, 2.24) is 23.9 Å². The van der Waals surface area contributed by atoms with Crippen molar-refractivity contribution in [3.63, 3.8) is 0 Å². The van der Waals surface area contributed by atoms with Crippen LogP contribution in [-0.2, 0) is 10.0 Å². The van der Waals surface area contributed by atoms with Gasteiger partial charge in [-0.3, -0.25) is 0 Å². The number of nitrogen functional groups attached to an aromatic ring is 1. The third kappa shape index (κ3) is 3.22. The molecule has 1 fully saturated rings. The van der Waals surface area contributed by atoms with Gasteiger partial charge in [-0.2, -0.15) is 9.40 Å². The SMILES string of the molecule is Cc1ccc(S(=O)(=O)N2CC(F)(F)C[C@H]2CO)cc1-c1cnc2c(N)ncnn12. The fourth-order valence-electron chi connectivity index (χ4n) is 3.50. The number of rotatable bonds is 4. The second kappa shape index (κ2) is 6.68. The number of nitrogens with zero attached hydrogens (tertiary/aromatic N) is 5. The van der Waals surface area contributed by atoms with Crippen LogP contribution in [0.3, 0.4) is 0 Å². The van der Waals surface area contributed by atoms with E-state index in [0.29, 0.717) is 21.2 Å². The van der Waals surface area contributed by atoms with Crippen LogP contribution in [0.1, 0.15) is 12.0 Å². The summed E-state index contributed by atoms with van der Waals surface area (Å²) in [6.07, 6.45) is 2.02. The normalized spacial score (nSPS) is 19.8. The molecule has 1 saturated heterocycles. The maximum atomic E-state index is 13.8. The number of aliphatic hydroxyl groups excluding tert-OH is 1. The summed E-state index contributed by atoms with van der Waals surface area (Å²) in [6.45, 7) is 0.121. The van der Waals surface area contributed by atoms with E-state index in [-0.39, 0.29) is 10.7 Å². The predicted molar refractivity (Wildman–Crippen MR) is 99.7 cm³/mol. The summed E-state index contributed by atoms with van der Waals surface area (Å²) in [7, 11) is -4.26. The van der Waals surface area contributed by atoms with Crippen LogP contribution in [0.2, 0.25) is 0 Å². The summed E-state index contributed by atoms with van der Waals surface area (Å²) in [4.78, 5) is 7.87. The lowest BCUT2D eigenvalue weighted by Gasteiger charge is -2.22. The summed E-state index contributed by atoms with van der Waals surface area (Å²) < 4.78 is 55.8. The van der Waals surface area contributed by atoms with E-state index < -0.39 is 41.6 Å². The van der Waals surface area contributed by atoms with E-state index in [1.807, 2.05) is 0 Å². The number of aryl methyl sites for hydroxylation is 1. The number of aliphatic hydroxyl groups is 1. The molecule has 0 radical (unpaired) electrons. The minimum Gasteiger partial charge on any atom is -0.395 e. The summed E-state index contributed by atoms with van der Waals surface area (Å²) in [5.41, 5.74) is 7.82. The third-order valence-corrected chi connectivity index (χ3v) is 6.86. The van der Waals surface area contributed by atoms with Crippen molar-refractivity contribution in [3.8, 4) is 11.3 Å². The van der Waals surface area contributed by atoms with Crippen molar-refractivity contribution < 1.29 is 22.3 Å². The quantitative estimate of drug-likeness (QED) is 0.641. The topological polar surface area (TPSA) is 127 Å². The Morgan fingerprint density at radius 3 is 2.83 bits per heavy atom. The molecule has 0 saturated carbocycles. The van der Waals surface area contributed by atoms with Crippen LogP contribution in [0.4, 0.5) is 14.6 Å². The minimum absolute atomic E-state index is 0.161. The predicted octanol–water partition coefficient (Wildman–Crippen LogP) is 1.07. The van der Waals surface area contributed by atoms with Gasteiger partial charge >= 0.3 is 0 Å². The van der Waals surface area contributed by atoms with E-state index in [4.69, 9.17) is 5.73 Å². The molecule has 2 aromatic heterocycles. The van der Waals surface area contributed by atoms with E-state index >= 15 is 0 Å². The largest absolute Gasteiger partial charge is 0.395 e. The zero-order chi connectivity index (χ0) is 21.0. The van der Waals surface area contributed by atoms with Crippen molar-refractivity contribution in [2.24, 2.45) is 0 Å². The van der Waals surface area contributed by atoms with Crippen molar-refractivity contribution in [1.29, 1.82) is 0 Å². The number of fused-ring (bicyclic) bond motifs is 1. The monoisotopic (exact) mass is 424 g/mol. The van der Waals surface area contributed by atoms with Gasteiger partial charge in [0, 0.05) is 12.0 Å². The second-order valence-electron chi connectivity index (χ2n) is 6.95. The minimum atomic E-state index is -4.26. The zero-order valence-corrected chi connectivity index (χ0v) is 16.1. The number of hydrogen-bond donors (Lipinski definition) is 2. The summed E-state index contributed by atoms with van der Waals surface area (Å²) in [5.74, 6) is -3.03. The zero-order valence-electron chi connectivity index (χ0n) is 15.3. The molecule has 1 aliphatic heterocycles. The highest BCUT2D eigenvalue weighted by molar-refractivity contribution is 7.89. The number of benzene rings is 1. The van der Waals surface area contributed by atoms with Crippen molar-refractivity contribution in [2.75, 3.05) is 18.9 Å². The first-order valence-electron chi connectivity index (χ1n) is 8.70. The Kier molecular flexibility index (Phi) is 4.52. The van der Waals surface area contributed by atoms with Crippen LogP contribution < -0.4 is 5.73 Å². The molecule has 3 heterocycles. The number of nitrogens with two attached hydrogens (primary N) is 1. The highest BCUT2D eigenvalue weighted by Crippen LogP contribution is 2.37. The maximum absolute atomic E-state index is 13.8. The highest BCUT2D eigenvalue weighted by atomic mass is 32.2. The molecule has 9 nitrogen and oxygen atoms in total. The van der Waals surface area contributed by atoms with Gasteiger partial charge in [-0.1, -0.05) is 6.07 Å². The molecule has 154 valence electrons. The van der Waals surface area contributed by atoms with Gasteiger partial charge in [-0.15, -0.1) is 0 Å². The van der Waals surface area contributed by atoms with E-state index in [0.717, 1.165) is 5.56 Å². The first kappa shape index (κ1) is 19.6. The van der Waals surface area contributed by atoms with Crippen molar-refractivity contribution >= 4 is 21.5 Å². The highest BCUT2D eigenvalue weighted by Gasteiger charge is 2.49. The van der Waals surface area contributed by atoms with Gasteiger partial charge < -0.3 is 10.8 Å². The summed E-state index contributed by atoms with van der Waals surface area (Å²) in [6, 6.07) is 3.14. The molecule has 29 heavy (non-hydrogen) atoms. The first-order valence-corrected chi connectivity index (χ1v) is 10.1. The Labute approximate surface area is 164 Å². The molecule has 4 rings (SSSR count). The van der Waals surface area contributed by atoms with Crippen LogP contribution in [0.15, 0.2) is 35.6 Å². The summed E-state index contributed by atoms with van der Waals surface area (Å²) >= 11 is 0. The van der Waals surface area contributed by atoms with Gasteiger partial charge in [0.05, 0.1) is 36.0 Å². The Bertz CT molecular complexity index is 1200. The molecular weight excluding hydrogens is 406 g/mol. The fourth-order valence-corrected chi connectivity index (χ4v) is 5.17. The van der Waals surface area contributed by atoms with E-state index in [9.17, 15) is 22.3 Å². The molecule has 3 N–H and O–H groups in total. The fraction of sp³-hybridized carbons (Fsp3) is 0.353. The van der Waals surface area contributed by atoms with Gasteiger partial charge in [0.25, 0.3) is 5.92 Å². The molecule has 0 amide bonds. The van der Waals surface area contributed by atoms with Crippen LogP contribution in [-0.4, -0.2) is 62.5 Å². The first-order chi connectivity index (χ1) is 13.6. The Hall–Kier alpha value is -2.70. The van der Waals surface area contributed by atoms with Gasteiger partial charge in [0.15, 0.2) is 11.5 Å². The Morgan fingerprint density at radius 1 is 1.34 bits per heavy atom. The van der Waals surface area contributed by atoms with E-state index in [2.05, 4.69) is 15.1 Å². The van der Waals surface area contributed by atoms with E-state index in [1.165, 1.54) is 29.2 Å². The number of aromatic nitrogens is 4. The standard InChI is InChI=1S/C17H18F2N6O3S/c1-10-2-3-12(29(27,28)24-8-17(18,19)5-11(24)7-26)4-13(10)14-6-21-16-15(20)22-9-23-25(14)16/h2-4,6,9,11,26H,5,7-8H2,1H3,(H2,20,22,23)/t11-/m0/s1. The number of hydrogen-bond acceptors (Lipinski definition) is 7. The van der Waals surface area contributed by atoms with Crippen LogP contribution in [0.5, 0.6) is 0 Å². The second-order valence-corrected chi connectivity index (χ2v) is 8.84. The molecule has 3 aromatic rings. The average molecular weight is 424 g/mol. The van der Waals surface area contributed by atoms with E-state index in [1.54, 1.807) is 13.0 Å². The van der Waals surface area contributed by atoms with Crippen LogP contribution in [0, 0.1) is 6.92 Å². The third-order valence-electron chi connectivity index (χ3n) is 4.96. The molecule has 12 heteroatoms. The molecule has 0 spiro atoms. The molecule has 1 aliphatic rings. The Balaban J connectivity index is 1.82. The molecule has 0 bridgehead atoms. The lowest BCUT2D eigenvalue weighted by atomic mass is 10.1. The molecular formula is C17H18F2N6O3S. The average Bonchev–Trinajstić information content (AvgIpc) is 3.23. The molecule has 1 atom stereocenters. The van der Waals surface area contributed by atoms with Crippen LogP contribution >= 0.6 is 0 Å². The molecule has 0 unspecified atom stereocenters. The lowest BCUT2D eigenvalue weighted by molar-refractivity contribution is 0.0161. The number of alkyl halides is 2. The van der Waals surface area contributed by atoms with Gasteiger partial charge in [-0.05, 0) is 24.6 Å². The number of halogens is 2. The van der Waals surface area contributed by atoms with Gasteiger partial charge in [-0.25, -0.2) is 31.7 Å². The lowest BCUT2D eigenvalue weighted by Crippen LogP contribution is -2.38. The smallest absolute Gasteiger partial charge is 0.263 e. The maximum Gasteiger partial charge on any atom is 0.263 e. The van der Waals surface area contributed by atoms with Gasteiger partial charge in [0.2, 0.25) is 10.0 Å². The van der Waals surface area contributed by atoms with Crippen molar-refractivity contribution in [2.45, 2.75) is 30.2 Å². The number of imidazole rings is 1.